The van der Waals surface area contributed by atoms with Gasteiger partial charge < -0.3 is 29.0 Å². The molecule has 1 aliphatic heterocycles. The summed E-state index contributed by atoms with van der Waals surface area (Å²) in [5.41, 5.74) is 0.671. The molecule has 2 rings (SSSR count). The van der Waals surface area contributed by atoms with E-state index in [0.29, 0.717) is 12.1 Å². The number of hydrogen-bond donors (Lipinski definition) is 1. The van der Waals surface area contributed by atoms with Crippen molar-refractivity contribution in [3.05, 3.63) is 23.7 Å². The molecule has 14 nitrogen and oxygen atoms in total. The van der Waals surface area contributed by atoms with E-state index in [1.165, 1.54) is 10.8 Å². The highest BCUT2D eigenvalue weighted by molar-refractivity contribution is 5.86. The summed E-state index contributed by atoms with van der Waals surface area (Å²) < 4.78 is 28.3. The molecule has 0 aromatic carbocycles. The summed E-state index contributed by atoms with van der Waals surface area (Å²) in [6.45, 7) is 10.3. The number of nitrogens with one attached hydrogen (secondary N) is 1. The Hall–Kier alpha value is -3.97. The number of carbonyl (C=O) groups excluding carboxylic acids is 5. The maximum absolute atomic E-state index is 13.0. The number of ether oxygens (including phenoxy) is 5. The molecule has 222 valence electrons. The first-order valence-corrected chi connectivity index (χ1v) is 12.9. The van der Waals surface area contributed by atoms with Crippen LogP contribution in [0.3, 0.4) is 0 Å². The lowest BCUT2D eigenvalue weighted by molar-refractivity contribution is -0.188. The van der Waals surface area contributed by atoms with Crippen molar-refractivity contribution in [2.24, 2.45) is 11.8 Å². The minimum absolute atomic E-state index is 0.264. The molecule has 0 saturated heterocycles. The molecule has 2 heterocycles. The number of aromatic nitrogens is 3. The second-order valence-corrected chi connectivity index (χ2v) is 10.1. The van der Waals surface area contributed by atoms with Gasteiger partial charge in [0.15, 0.2) is 18.3 Å². The molecule has 1 N–H and O–H groups in total. The quantitative estimate of drug-likeness (QED) is 0.282. The second-order valence-electron chi connectivity index (χ2n) is 10.1. The van der Waals surface area contributed by atoms with E-state index in [4.69, 9.17) is 23.7 Å². The Bertz CT molecular complexity index is 1110. The Labute approximate surface area is 232 Å². The topological polar surface area (TPSA) is 174 Å². The van der Waals surface area contributed by atoms with Crippen molar-refractivity contribution in [2.75, 3.05) is 13.7 Å². The molecule has 0 spiro atoms. The zero-order valence-corrected chi connectivity index (χ0v) is 24.0. The highest BCUT2D eigenvalue weighted by Crippen LogP contribution is 2.32. The third-order valence-corrected chi connectivity index (χ3v) is 5.77. The average molecular weight is 567 g/mol. The average Bonchev–Trinajstić information content (AvgIpc) is 3.31. The van der Waals surface area contributed by atoms with E-state index in [0.717, 1.165) is 27.9 Å². The molecule has 1 amide bonds. The van der Waals surface area contributed by atoms with Crippen LogP contribution in [-0.2, 0) is 54.1 Å². The van der Waals surface area contributed by atoms with Crippen LogP contribution in [0.15, 0.2) is 18.0 Å². The van der Waals surface area contributed by atoms with Crippen molar-refractivity contribution in [2.45, 2.75) is 85.3 Å². The van der Waals surface area contributed by atoms with Gasteiger partial charge >= 0.3 is 23.9 Å². The van der Waals surface area contributed by atoms with Gasteiger partial charge in [-0.05, 0) is 18.4 Å². The molecule has 5 atom stereocenters. The molecule has 40 heavy (non-hydrogen) atoms. The number of carbonyl (C=O) groups is 5. The third-order valence-electron chi connectivity index (χ3n) is 5.77. The third kappa shape index (κ3) is 9.06. The highest BCUT2D eigenvalue weighted by Gasteiger charge is 2.49. The Morgan fingerprint density at radius 2 is 1.68 bits per heavy atom. The van der Waals surface area contributed by atoms with E-state index in [1.807, 2.05) is 13.8 Å². The molecule has 0 radical (unpaired) electrons. The number of nitrogens with zero attached hydrogens (tertiary/aromatic N) is 3. The molecule has 0 saturated carbocycles. The SMILES string of the molecule is COC(=O)C1=C[C@H](n2cc(CC(C)C)nn2)[C@@H](NC(=O)C(C)C)[C@H]([C@H](OC(C)=O)[C@@H](COC(C)=O)OC(C)=O)O1. The first-order chi connectivity index (χ1) is 18.7. The fourth-order valence-corrected chi connectivity index (χ4v) is 4.07. The number of hydrogen-bond acceptors (Lipinski definition) is 12. The summed E-state index contributed by atoms with van der Waals surface area (Å²) in [6.07, 6.45) is -0.439. The summed E-state index contributed by atoms with van der Waals surface area (Å²) in [5, 5.41) is 11.3. The largest absolute Gasteiger partial charge is 0.477 e. The van der Waals surface area contributed by atoms with Gasteiger partial charge in [0.2, 0.25) is 11.7 Å². The van der Waals surface area contributed by atoms with Gasteiger partial charge in [-0.2, -0.15) is 0 Å². The molecule has 14 heteroatoms. The Kier molecular flexibility index (Phi) is 11.6. The zero-order valence-electron chi connectivity index (χ0n) is 24.0. The lowest BCUT2D eigenvalue weighted by Gasteiger charge is -2.42. The number of methoxy groups -OCH3 is 1. The second kappa shape index (κ2) is 14.4. The molecule has 1 aromatic rings. The molecule has 0 fully saturated rings. The van der Waals surface area contributed by atoms with E-state index in [2.05, 4.69) is 15.6 Å². The normalized spacial score (nSPS) is 20.1. The number of amides is 1. The predicted octanol–water partition coefficient (Wildman–Crippen LogP) is 1.04. The molecule has 1 aliphatic rings. The van der Waals surface area contributed by atoms with Crippen LogP contribution in [0.2, 0.25) is 0 Å². The minimum atomic E-state index is -1.45. The Balaban J connectivity index is 2.72. The molecular weight excluding hydrogens is 528 g/mol. The van der Waals surface area contributed by atoms with E-state index < -0.39 is 66.8 Å². The van der Waals surface area contributed by atoms with Crippen molar-refractivity contribution in [3.63, 3.8) is 0 Å². The van der Waals surface area contributed by atoms with Crippen LogP contribution in [0.1, 0.15) is 60.2 Å². The van der Waals surface area contributed by atoms with Crippen LogP contribution in [0.4, 0.5) is 0 Å². The first-order valence-electron chi connectivity index (χ1n) is 12.9. The summed E-state index contributed by atoms with van der Waals surface area (Å²) in [7, 11) is 1.16. The Morgan fingerprint density at radius 1 is 1.02 bits per heavy atom. The van der Waals surface area contributed by atoms with E-state index >= 15 is 0 Å². The van der Waals surface area contributed by atoms with Crippen LogP contribution < -0.4 is 5.32 Å². The van der Waals surface area contributed by atoms with Crippen LogP contribution in [0.5, 0.6) is 0 Å². The van der Waals surface area contributed by atoms with Crippen molar-refractivity contribution >= 4 is 29.8 Å². The van der Waals surface area contributed by atoms with Gasteiger partial charge in [0, 0.05) is 32.9 Å². The van der Waals surface area contributed by atoms with Crippen molar-refractivity contribution < 1.29 is 47.7 Å². The van der Waals surface area contributed by atoms with E-state index in [1.54, 1.807) is 20.0 Å². The minimum Gasteiger partial charge on any atom is -0.477 e. The highest BCUT2D eigenvalue weighted by atomic mass is 16.6. The summed E-state index contributed by atoms with van der Waals surface area (Å²) in [6, 6.07) is -1.91. The molecule has 0 unspecified atom stereocenters. The maximum atomic E-state index is 13.0. The lowest BCUT2D eigenvalue weighted by atomic mass is 9.91. The van der Waals surface area contributed by atoms with Gasteiger partial charge in [0.05, 0.1) is 24.9 Å². The van der Waals surface area contributed by atoms with Gasteiger partial charge in [0.1, 0.15) is 6.61 Å². The number of rotatable bonds is 12. The van der Waals surface area contributed by atoms with Gasteiger partial charge in [-0.3, -0.25) is 19.2 Å². The van der Waals surface area contributed by atoms with Crippen LogP contribution in [0, 0.1) is 11.8 Å². The van der Waals surface area contributed by atoms with Crippen molar-refractivity contribution in [1.82, 2.24) is 20.3 Å². The lowest BCUT2D eigenvalue weighted by Crippen LogP contribution is -2.60. The number of esters is 4. The predicted molar refractivity (Wildman–Crippen MR) is 137 cm³/mol. The van der Waals surface area contributed by atoms with Crippen molar-refractivity contribution in [3.8, 4) is 0 Å². The zero-order chi connectivity index (χ0) is 30.1. The summed E-state index contributed by atoms with van der Waals surface area (Å²) in [4.78, 5) is 61.5. The first kappa shape index (κ1) is 32.2. The van der Waals surface area contributed by atoms with Gasteiger partial charge in [-0.25, -0.2) is 9.48 Å². The van der Waals surface area contributed by atoms with Gasteiger partial charge in [0.25, 0.3) is 0 Å². The van der Waals surface area contributed by atoms with E-state index in [9.17, 15) is 24.0 Å². The summed E-state index contributed by atoms with van der Waals surface area (Å²) >= 11 is 0. The van der Waals surface area contributed by atoms with Crippen LogP contribution in [0.25, 0.3) is 0 Å². The van der Waals surface area contributed by atoms with Crippen LogP contribution >= 0.6 is 0 Å². The van der Waals surface area contributed by atoms with Crippen molar-refractivity contribution in [1.29, 1.82) is 0 Å². The standard InChI is InChI=1S/C26H38N4O10/c1-13(2)9-18-11-30(29-28-18)19-10-20(26(35)36-8)40-24(22(19)27-25(34)14(3)4)23(39-17(7)33)21(38-16(6)32)12-37-15(5)31/h10-11,13-14,19,21-24H,9,12H2,1-8H3,(H,27,34)/t19-,21+,22+,23+,24+/m0/s1. The molecule has 0 aliphatic carbocycles. The molecule has 0 bridgehead atoms. The fraction of sp³-hybridized carbons (Fsp3) is 0.654. The van der Waals surface area contributed by atoms with E-state index in [-0.39, 0.29) is 17.6 Å². The fourth-order valence-electron chi connectivity index (χ4n) is 4.07. The van der Waals surface area contributed by atoms with Gasteiger partial charge in [-0.1, -0.05) is 32.9 Å². The Morgan fingerprint density at radius 3 is 2.20 bits per heavy atom. The smallest absolute Gasteiger partial charge is 0.373 e. The maximum Gasteiger partial charge on any atom is 0.373 e. The van der Waals surface area contributed by atoms with Crippen LogP contribution in [-0.4, -0.2) is 82.8 Å². The monoisotopic (exact) mass is 566 g/mol. The summed E-state index contributed by atoms with van der Waals surface area (Å²) in [5.74, 6) is -3.90. The molecular formula is C26H38N4O10. The van der Waals surface area contributed by atoms with Gasteiger partial charge in [-0.15, -0.1) is 5.10 Å². The molecule has 1 aromatic heterocycles.